The molecule has 3 rings (SSSR count). The van der Waals surface area contributed by atoms with Crippen LogP contribution < -0.4 is 5.32 Å². The van der Waals surface area contributed by atoms with Gasteiger partial charge in [0.25, 0.3) is 0 Å². The number of halogens is 1. The van der Waals surface area contributed by atoms with Gasteiger partial charge in [0.2, 0.25) is 11.1 Å². The first-order valence-electron chi connectivity index (χ1n) is 7.59. The Balaban J connectivity index is 1.72. The Hall–Kier alpha value is -3.25. The zero-order valence-corrected chi connectivity index (χ0v) is 14.4. The summed E-state index contributed by atoms with van der Waals surface area (Å²) in [7, 11) is 0. The summed E-state index contributed by atoms with van der Waals surface area (Å²) < 4.78 is 14.8. The molecule has 0 fully saturated rings. The van der Waals surface area contributed by atoms with Crippen LogP contribution in [-0.2, 0) is 4.79 Å². The highest BCUT2D eigenvalue weighted by atomic mass is 32.2. The molecule has 2 aromatic carbocycles. The topological polar surface area (TPSA) is 96.5 Å². The van der Waals surface area contributed by atoms with Gasteiger partial charge < -0.3 is 5.32 Å². The van der Waals surface area contributed by atoms with Crippen molar-refractivity contribution in [1.82, 2.24) is 20.2 Å². The highest BCUT2D eigenvalue weighted by molar-refractivity contribution is 8.00. The molecule has 1 heterocycles. The minimum atomic E-state index is -0.515. The summed E-state index contributed by atoms with van der Waals surface area (Å²) >= 11 is 1.14. The van der Waals surface area contributed by atoms with Gasteiger partial charge >= 0.3 is 0 Å². The van der Waals surface area contributed by atoms with Gasteiger partial charge in [0.1, 0.15) is 5.82 Å². The summed E-state index contributed by atoms with van der Waals surface area (Å²) in [5.74, 6) is -0.670. The Bertz CT molecular complexity index is 983. The predicted molar refractivity (Wildman–Crippen MR) is 94.2 cm³/mol. The van der Waals surface area contributed by atoms with Gasteiger partial charge in [-0.15, -0.1) is 5.10 Å². The van der Waals surface area contributed by atoms with E-state index in [2.05, 4.69) is 20.8 Å². The van der Waals surface area contributed by atoms with E-state index in [1.165, 1.54) is 16.8 Å². The number of thioether (sulfide) groups is 1. The number of hydrogen-bond donors (Lipinski definition) is 1. The van der Waals surface area contributed by atoms with Gasteiger partial charge in [0.05, 0.1) is 22.6 Å². The first kappa shape index (κ1) is 17.6. The highest BCUT2D eigenvalue weighted by Gasteiger charge is 2.19. The number of carbonyl (C=O) groups is 1. The largest absolute Gasteiger partial charge is 0.325 e. The Morgan fingerprint density at radius 3 is 2.88 bits per heavy atom. The van der Waals surface area contributed by atoms with E-state index in [-0.39, 0.29) is 5.91 Å². The van der Waals surface area contributed by atoms with Gasteiger partial charge in [0, 0.05) is 5.69 Å². The standard InChI is InChI=1S/C17H13FN6OS/c1-11(16(25)20-14-6-2-4-12(8-14)10-19)26-17-21-22-23-24(17)15-7-3-5-13(18)9-15/h2-9,11H,1H3,(H,20,25)/t11-/m1/s1. The molecule has 0 aliphatic rings. The number of tetrazole rings is 1. The van der Waals surface area contributed by atoms with Crippen molar-refractivity contribution in [3.05, 3.63) is 59.9 Å². The minimum Gasteiger partial charge on any atom is -0.325 e. The van der Waals surface area contributed by atoms with E-state index in [0.29, 0.717) is 22.1 Å². The first-order valence-corrected chi connectivity index (χ1v) is 8.47. The lowest BCUT2D eigenvalue weighted by Crippen LogP contribution is -2.23. The molecule has 1 N–H and O–H groups in total. The third kappa shape index (κ3) is 4.04. The smallest absolute Gasteiger partial charge is 0.237 e. The SMILES string of the molecule is C[C@@H](Sc1nnnn1-c1cccc(F)c1)C(=O)Nc1cccc(C#N)c1. The zero-order chi connectivity index (χ0) is 18.5. The molecule has 0 aliphatic carbocycles. The van der Waals surface area contributed by atoms with E-state index in [4.69, 9.17) is 5.26 Å². The van der Waals surface area contributed by atoms with Gasteiger partial charge in [-0.3, -0.25) is 4.79 Å². The molecule has 1 atom stereocenters. The summed E-state index contributed by atoms with van der Waals surface area (Å²) in [6.07, 6.45) is 0. The maximum atomic E-state index is 13.4. The van der Waals surface area contributed by atoms with Crippen LogP contribution >= 0.6 is 11.8 Å². The van der Waals surface area contributed by atoms with Crippen LogP contribution in [-0.4, -0.2) is 31.4 Å². The van der Waals surface area contributed by atoms with Crippen LogP contribution in [0.1, 0.15) is 12.5 Å². The summed E-state index contributed by atoms with van der Waals surface area (Å²) in [6.45, 7) is 1.71. The van der Waals surface area contributed by atoms with E-state index in [9.17, 15) is 9.18 Å². The van der Waals surface area contributed by atoms with Crippen LogP contribution in [0.15, 0.2) is 53.7 Å². The van der Waals surface area contributed by atoms with E-state index >= 15 is 0 Å². The molecule has 130 valence electrons. The number of amides is 1. The molecule has 26 heavy (non-hydrogen) atoms. The fraction of sp³-hybridized carbons (Fsp3) is 0.118. The van der Waals surface area contributed by atoms with Crippen LogP contribution in [0.4, 0.5) is 10.1 Å². The number of anilines is 1. The molecule has 0 saturated carbocycles. The van der Waals surface area contributed by atoms with Gasteiger partial charge in [-0.05, 0) is 53.7 Å². The van der Waals surface area contributed by atoms with Crippen LogP contribution in [0.3, 0.4) is 0 Å². The molecule has 7 nitrogen and oxygen atoms in total. The van der Waals surface area contributed by atoms with Crippen molar-refractivity contribution in [3.8, 4) is 11.8 Å². The zero-order valence-electron chi connectivity index (χ0n) is 13.6. The van der Waals surface area contributed by atoms with E-state index < -0.39 is 11.1 Å². The normalized spacial score (nSPS) is 11.6. The number of nitrogens with zero attached hydrogens (tertiary/aromatic N) is 5. The lowest BCUT2D eigenvalue weighted by Gasteiger charge is -2.12. The summed E-state index contributed by atoms with van der Waals surface area (Å²) in [4.78, 5) is 12.4. The third-order valence-electron chi connectivity index (χ3n) is 3.40. The molecular weight excluding hydrogens is 355 g/mol. The second-order valence-electron chi connectivity index (χ2n) is 5.30. The van der Waals surface area contributed by atoms with Crippen molar-refractivity contribution in [1.29, 1.82) is 5.26 Å². The maximum Gasteiger partial charge on any atom is 0.237 e. The third-order valence-corrected chi connectivity index (χ3v) is 4.44. The number of nitrogens with one attached hydrogen (secondary N) is 1. The summed E-state index contributed by atoms with van der Waals surface area (Å²) in [5.41, 5.74) is 1.45. The second kappa shape index (κ2) is 7.76. The molecule has 0 radical (unpaired) electrons. The van der Waals surface area contributed by atoms with Crippen LogP contribution in [0.5, 0.6) is 0 Å². The molecule has 0 saturated heterocycles. The van der Waals surface area contributed by atoms with Crippen molar-refractivity contribution in [3.63, 3.8) is 0 Å². The molecule has 3 aromatic rings. The van der Waals surface area contributed by atoms with Crippen LogP contribution in [0, 0.1) is 17.1 Å². The maximum absolute atomic E-state index is 13.4. The average molecular weight is 368 g/mol. The summed E-state index contributed by atoms with van der Waals surface area (Å²) in [5, 5.41) is 22.9. The Morgan fingerprint density at radius 2 is 2.12 bits per heavy atom. The van der Waals surface area contributed by atoms with Crippen molar-refractivity contribution >= 4 is 23.4 Å². The van der Waals surface area contributed by atoms with E-state index in [0.717, 1.165) is 11.8 Å². The van der Waals surface area contributed by atoms with E-state index in [1.807, 2.05) is 6.07 Å². The fourth-order valence-electron chi connectivity index (χ4n) is 2.14. The quantitative estimate of drug-likeness (QED) is 0.696. The van der Waals surface area contributed by atoms with E-state index in [1.54, 1.807) is 43.3 Å². The Kier molecular flexibility index (Phi) is 5.24. The average Bonchev–Trinajstić information content (AvgIpc) is 3.10. The molecular formula is C17H13FN6OS. The molecule has 0 unspecified atom stereocenters. The molecule has 9 heteroatoms. The summed E-state index contributed by atoms with van der Waals surface area (Å²) in [6, 6.07) is 14.5. The Labute approximate surface area is 152 Å². The number of nitriles is 1. The van der Waals surface area contributed by atoms with Crippen molar-refractivity contribution in [2.75, 3.05) is 5.32 Å². The van der Waals surface area contributed by atoms with Crippen molar-refractivity contribution in [2.45, 2.75) is 17.3 Å². The van der Waals surface area contributed by atoms with Crippen molar-refractivity contribution < 1.29 is 9.18 Å². The van der Waals surface area contributed by atoms with Gasteiger partial charge in [-0.25, -0.2) is 4.39 Å². The lowest BCUT2D eigenvalue weighted by atomic mass is 10.2. The Morgan fingerprint density at radius 1 is 1.31 bits per heavy atom. The van der Waals surface area contributed by atoms with Crippen molar-refractivity contribution in [2.24, 2.45) is 0 Å². The molecule has 1 amide bonds. The number of aromatic nitrogens is 4. The van der Waals surface area contributed by atoms with Crippen LogP contribution in [0.25, 0.3) is 5.69 Å². The predicted octanol–water partition coefficient (Wildman–Crippen LogP) is 2.79. The number of hydrogen-bond acceptors (Lipinski definition) is 6. The minimum absolute atomic E-state index is 0.265. The highest BCUT2D eigenvalue weighted by Crippen LogP contribution is 2.24. The molecule has 0 aliphatic heterocycles. The van der Waals surface area contributed by atoms with Gasteiger partial charge in [0.15, 0.2) is 0 Å². The van der Waals surface area contributed by atoms with Crippen LogP contribution in [0.2, 0.25) is 0 Å². The molecule has 0 bridgehead atoms. The second-order valence-corrected chi connectivity index (χ2v) is 6.60. The molecule has 0 spiro atoms. The monoisotopic (exact) mass is 368 g/mol. The lowest BCUT2D eigenvalue weighted by molar-refractivity contribution is -0.115. The van der Waals surface area contributed by atoms with Gasteiger partial charge in [-0.1, -0.05) is 23.9 Å². The number of carbonyl (C=O) groups excluding carboxylic acids is 1. The number of rotatable bonds is 5. The fourth-order valence-corrected chi connectivity index (χ4v) is 2.95. The molecule has 1 aromatic heterocycles. The number of benzene rings is 2. The van der Waals surface area contributed by atoms with Gasteiger partial charge in [-0.2, -0.15) is 9.94 Å². The first-order chi connectivity index (χ1) is 12.6.